The lowest BCUT2D eigenvalue weighted by Gasteiger charge is -2.45. The van der Waals surface area contributed by atoms with Crippen molar-refractivity contribution in [3.05, 3.63) is 11.6 Å². The fourth-order valence-electron chi connectivity index (χ4n) is 5.81. The van der Waals surface area contributed by atoms with Gasteiger partial charge in [0.2, 0.25) is 0 Å². The number of ketones is 1. The minimum absolute atomic E-state index is 0.0107. The van der Waals surface area contributed by atoms with Crippen LogP contribution in [0.25, 0.3) is 0 Å². The molecule has 5 N–H and O–H groups in total. The Morgan fingerprint density at radius 1 is 1.13 bits per heavy atom. The van der Waals surface area contributed by atoms with Gasteiger partial charge in [-0.1, -0.05) is 19.9 Å². The van der Waals surface area contributed by atoms with Crippen molar-refractivity contribution in [1.82, 2.24) is 0 Å². The molecule has 10 nitrogen and oxygen atoms in total. The van der Waals surface area contributed by atoms with E-state index in [1.807, 2.05) is 13.8 Å². The van der Waals surface area contributed by atoms with E-state index in [-0.39, 0.29) is 24.2 Å². The Labute approximate surface area is 179 Å². The summed E-state index contributed by atoms with van der Waals surface area (Å²) in [7, 11) is 0. The third-order valence-corrected chi connectivity index (χ3v) is 7.53. The molecule has 11 atom stereocenters. The van der Waals surface area contributed by atoms with Crippen molar-refractivity contribution in [2.24, 2.45) is 29.1 Å². The van der Waals surface area contributed by atoms with E-state index >= 15 is 0 Å². The summed E-state index contributed by atoms with van der Waals surface area (Å²) >= 11 is 0. The molecule has 2 aliphatic heterocycles. The lowest BCUT2D eigenvalue weighted by atomic mass is 9.55. The van der Waals surface area contributed by atoms with Crippen LogP contribution < -0.4 is 0 Å². The Balaban J connectivity index is 1.56. The number of hydrogen-bond donors (Lipinski definition) is 5. The summed E-state index contributed by atoms with van der Waals surface area (Å²) in [5.41, 5.74) is -0.761. The Morgan fingerprint density at radius 3 is 2.42 bits per heavy atom. The highest BCUT2D eigenvalue weighted by Crippen LogP contribution is 2.59. The number of carbonyl (C=O) groups is 2. The molecule has 0 aromatic carbocycles. The Kier molecular flexibility index (Phi) is 5.79. The topological polar surface area (TPSA) is 163 Å². The highest BCUT2D eigenvalue weighted by atomic mass is 16.7. The predicted molar refractivity (Wildman–Crippen MR) is 102 cm³/mol. The van der Waals surface area contributed by atoms with Crippen molar-refractivity contribution in [3.8, 4) is 0 Å². The molecule has 31 heavy (non-hydrogen) atoms. The largest absolute Gasteiger partial charge is 0.454 e. The van der Waals surface area contributed by atoms with Gasteiger partial charge in [0.25, 0.3) is 0 Å². The molecule has 2 heterocycles. The van der Waals surface area contributed by atoms with Crippen molar-refractivity contribution in [2.75, 3.05) is 13.2 Å². The molecule has 4 aliphatic rings. The molecule has 0 spiro atoms. The maximum atomic E-state index is 13.4. The minimum atomic E-state index is -1.59. The number of ether oxygens (including phenoxy) is 3. The molecular formula is C21H30O10. The van der Waals surface area contributed by atoms with Crippen LogP contribution in [0.3, 0.4) is 0 Å². The molecule has 0 aromatic rings. The second kappa shape index (κ2) is 7.87. The van der Waals surface area contributed by atoms with Crippen molar-refractivity contribution >= 4 is 11.8 Å². The maximum Gasteiger partial charge on any atom is 0.310 e. The van der Waals surface area contributed by atoms with E-state index < -0.39 is 72.7 Å². The summed E-state index contributed by atoms with van der Waals surface area (Å²) < 4.78 is 16.4. The first-order chi connectivity index (χ1) is 14.5. The third kappa shape index (κ3) is 3.19. The highest BCUT2D eigenvalue weighted by Gasteiger charge is 2.69. The van der Waals surface area contributed by atoms with Gasteiger partial charge >= 0.3 is 5.97 Å². The zero-order valence-electron chi connectivity index (χ0n) is 17.6. The Hall–Kier alpha value is -1.40. The first-order valence-electron chi connectivity index (χ1n) is 10.6. The number of hydrogen-bond acceptors (Lipinski definition) is 10. The molecule has 3 fully saturated rings. The number of aliphatic hydroxyl groups excluding tert-OH is 5. The first-order valence-corrected chi connectivity index (χ1v) is 10.6. The fourth-order valence-corrected chi connectivity index (χ4v) is 5.81. The van der Waals surface area contributed by atoms with E-state index in [4.69, 9.17) is 14.2 Å². The van der Waals surface area contributed by atoms with Gasteiger partial charge in [0.15, 0.2) is 18.2 Å². The molecule has 1 saturated carbocycles. The van der Waals surface area contributed by atoms with Crippen LogP contribution in [-0.4, -0.2) is 93.4 Å². The molecule has 0 amide bonds. The molecule has 2 bridgehead atoms. The molecule has 4 rings (SSSR count). The molecule has 2 saturated heterocycles. The van der Waals surface area contributed by atoms with Gasteiger partial charge in [0, 0.05) is 11.8 Å². The van der Waals surface area contributed by atoms with Crippen LogP contribution in [0.5, 0.6) is 0 Å². The smallest absolute Gasteiger partial charge is 0.310 e. The van der Waals surface area contributed by atoms with Crippen LogP contribution in [0, 0.1) is 29.1 Å². The van der Waals surface area contributed by atoms with Crippen LogP contribution in [0.15, 0.2) is 11.6 Å². The molecule has 11 unspecified atom stereocenters. The van der Waals surface area contributed by atoms with Gasteiger partial charge in [-0.3, -0.25) is 9.59 Å². The van der Waals surface area contributed by atoms with Crippen molar-refractivity contribution in [3.63, 3.8) is 0 Å². The summed E-state index contributed by atoms with van der Waals surface area (Å²) in [6, 6.07) is 0. The van der Waals surface area contributed by atoms with Gasteiger partial charge in [0.05, 0.1) is 30.7 Å². The molecule has 174 valence electrons. The first kappa shape index (κ1) is 22.8. The predicted octanol–water partition coefficient (Wildman–Crippen LogP) is -1.88. The summed E-state index contributed by atoms with van der Waals surface area (Å²) in [5, 5.41) is 50.1. The Bertz CT molecular complexity index is 778. The number of carbonyl (C=O) groups excluding carboxylic acids is 2. The average molecular weight is 442 g/mol. The summed E-state index contributed by atoms with van der Waals surface area (Å²) in [6.45, 7) is 4.68. The normalized spacial score (nSPS) is 49.3. The van der Waals surface area contributed by atoms with Crippen molar-refractivity contribution in [1.29, 1.82) is 0 Å². The number of esters is 1. The van der Waals surface area contributed by atoms with Crippen LogP contribution in [0.4, 0.5) is 0 Å². The van der Waals surface area contributed by atoms with Crippen LogP contribution in [0.1, 0.15) is 20.8 Å². The van der Waals surface area contributed by atoms with Crippen molar-refractivity contribution < 1.29 is 49.3 Å². The monoisotopic (exact) mass is 442 g/mol. The maximum absolute atomic E-state index is 13.4. The molecule has 0 aromatic heterocycles. The lowest BCUT2D eigenvalue weighted by Crippen LogP contribution is -2.59. The number of Topliss-reactive ketones (excluding diaryl/α,β-unsaturated/α-hetero) is 1. The number of aliphatic hydroxyl groups is 5. The zero-order chi connectivity index (χ0) is 22.8. The van der Waals surface area contributed by atoms with E-state index in [1.165, 1.54) is 6.08 Å². The van der Waals surface area contributed by atoms with Crippen molar-refractivity contribution in [2.45, 2.75) is 63.7 Å². The third-order valence-electron chi connectivity index (χ3n) is 7.53. The standard InChI is InChI=1S/C21H30O10/c1-7(2)11-12-13-9(23)4-8(21(13,3)18(27)17(11)31-19(12)28)6-29-20-16(26)15(25)14(24)10(5-22)30-20/h4,7,9-17,20,22-26H,5-6H2,1-3H3. The van der Waals surface area contributed by atoms with Crippen LogP contribution >= 0.6 is 0 Å². The summed E-state index contributed by atoms with van der Waals surface area (Å²) in [4.78, 5) is 26.0. The zero-order valence-corrected chi connectivity index (χ0v) is 17.6. The minimum Gasteiger partial charge on any atom is -0.454 e. The van der Waals surface area contributed by atoms with Gasteiger partial charge in [-0.05, 0) is 18.4 Å². The van der Waals surface area contributed by atoms with Gasteiger partial charge in [0.1, 0.15) is 24.4 Å². The molecule has 0 radical (unpaired) electrons. The lowest BCUT2D eigenvalue weighted by molar-refractivity contribution is -0.299. The molecular weight excluding hydrogens is 412 g/mol. The van der Waals surface area contributed by atoms with Gasteiger partial charge in [-0.15, -0.1) is 0 Å². The molecule has 10 heteroatoms. The van der Waals surface area contributed by atoms with Crippen LogP contribution in [0.2, 0.25) is 0 Å². The summed E-state index contributed by atoms with van der Waals surface area (Å²) in [5.74, 6) is -2.38. The van der Waals surface area contributed by atoms with E-state index in [9.17, 15) is 35.1 Å². The van der Waals surface area contributed by atoms with Crippen LogP contribution in [-0.2, 0) is 23.8 Å². The average Bonchev–Trinajstić information content (AvgIpc) is 3.16. The van der Waals surface area contributed by atoms with Gasteiger partial charge < -0.3 is 39.7 Å². The quantitative estimate of drug-likeness (QED) is 0.241. The van der Waals surface area contributed by atoms with E-state index in [0.29, 0.717) is 5.57 Å². The summed E-state index contributed by atoms with van der Waals surface area (Å²) in [6.07, 6.45) is -7.62. The van der Waals surface area contributed by atoms with Gasteiger partial charge in [-0.2, -0.15) is 0 Å². The molecule has 2 aliphatic carbocycles. The van der Waals surface area contributed by atoms with E-state index in [2.05, 4.69) is 0 Å². The van der Waals surface area contributed by atoms with Gasteiger partial charge in [-0.25, -0.2) is 0 Å². The fraction of sp³-hybridized carbons (Fsp3) is 0.810. The Morgan fingerprint density at radius 2 is 1.81 bits per heavy atom. The number of rotatable bonds is 5. The SMILES string of the molecule is CC(C)C1C2OC(=O)C1C1C(O)C=C(COC3OC(CO)C(O)C(O)C3O)C1(C)C2=O. The van der Waals surface area contributed by atoms with E-state index in [1.54, 1.807) is 6.92 Å². The second-order valence-electron chi connectivity index (χ2n) is 9.49. The highest BCUT2D eigenvalue weighted by molar-refractivity contribution is 5.99. The second-order valence-corrected chi connectivity index (χ2v) is 9.49. The number of fused-ring (bicyclic) bond motifs is 4. The van der Waals surface area contributed by atoms with E-state index in [0.717, 1.165) is 0 Å².